The van der Waals surface area contributed by atoms with E-state index in [4.69, 9.17) is 4.42 Å². The van der Waals surface area contributed by atoms with Gasteiger partial charge in [0.25, 0.3) is 0 Å². The lowest BCUT2D eigenvalue weighted by Gasteiger charge is -2.21. The van der Waals surface area contributed by atoms with Crippen LogP contribution < -0.4 is 10.6 Å². The first-order valence-corrected chi connectivity index (χ1v) is 10.4. The predicted molar refractivity (Wildman–Crippen MR) is 115 cm³/mol. The van der Waals surface area contributed by atoms with E-state index in [-0.39, 0.29) is 24.5 Å². The van der Waals surface area contributed by atoms with E-state index in [2.05, 4.69) is 28.8 Å². The lowest BCUT2D eigenvalue weighted by atomic mass is 9.89. The van der Waals surface area contributed by atoms with Gasteiger partial charge in [-0.2, -0.15) is 0 Å². The standard InChI is InChI=1S/C25H28N2O2/c1-18(21-14-13-19-8-5-6-11-22(19)16-21)27-24(28)17-26-25(23-12-7-15-29-23)20-9-3-2-4-10-20/h2-4,7,9-10,12-16,18,25-26H,5-6,8,11,17H2,1H3,(H,27,28)/t18-,25+/m1/s1. The maximum absolute atomic E-state index is 12.6. The van der Waals surface area contributed by atoms with Crippen molar-refractivity contribution in [3.63, 3.8) is 0 Å². The largest absolute Gasteiger partial charge is 0.467 e. The van der Waals surface area contributed by atoms with Crippen LogP contribution in [0.4, 0.5) is 0 Å². The van der Waals surface area contributed by atoms with Crippen molar-refractivity contribution in [2.45, 2.75) is 44.7 Å². The highest BCUT2D eigenvalue weighted by Crippen LogP contribution is 2.25. The fourth-order valence-corrected chi connectivity index (χ4v) is 4.08. The maximum atomic E-state index is 12.6. The maximum Gasteiger partial charge on any atom is 0.234 e. The summed E-state index contributed by atoms with van der Waals surface area (Å²) in [6, 6.07) is 20.3. The molecular weight excluding hydrogens is 360 g/mol. The summed E-state index contributed by atoms with van der Waals surface area (Å²) in [5.74, 6) is 0.773. The van der Waals surface area contributed by atoms with Crippen molar-refractivity contribution >= 4 is 5.91 Å². The highest BCUT2D eigenvalue weighted by molar-refractivity contribution is 5.78. The fourth-order valence-electron chi connectivity index (χ4n) is 4.08. The van der Waals surface area contributed by atoms with Crippen LogP contribution in [0.5, 0.6) is 0 Å². The highest BCUT2D eigenvalue weighted by atomic mass is 16.3. The second-order valence-electron chi connectivity index (χ2n) is 7.76. The number of hydrogen-bond acceptors (Lipinski definition) is 3. The number of benzene rings is 2. The van der Waals surface area contributed by atoms with Crippen LogP contribution in [-0.2, 0) is 17.6 Å². The molecule has 29 heavy (non-hydrogen) atoms. The Hall–Kier alpha value is -2.85. The van der Waals surface area contributed by atoms with Gasteiger partial charge in [0.15, 0.2) is 0 Å². The first-order chi connectivity index (χ1) is 14.2. The molecule has 1 aromatic heterocycles. The number of aryl methyl sites for hydroxylation is 2. The van der Waals surface area contributed by atoms with Crippen molar-refractivity contribution in [1.82, 2.24) is 10.6 Å². The van der Waals surface area contributed by atoms with Crippen molar-refractivity contribution in [3.05, 3.63) is 94.9 Å². The molecule has 0 saturated carbocycles. The van der Waals surface area contributed by atoms with Crippen molar-refractivity contribution in [2.75, 3.05) is 6.54 Å². The van der Waals surface area contributed by atoms with Crippen LogP contribution in [0.15, 0.2) is 71.3 Å². The molecule has 1 amide bonds. The molecule has 0 fully saturated rings. The minimum absolute atomic E-state index is 0.0182. The Labute approximate surface area is 172 Å². The Balaban J connectivity index is 1.38. The van der Waals surface area contributed by atoms with Crippen LogP contribution in [0.1, 0.15) is 59.9 Å². The van der Waals surface area contributed by atoms with E-state index in [1.807, 2.05) is 49.4 Å². The van der Waals surface area contributed by atoms with Gasteiger partial charge in [0.2, 0.25) is 5.91 Å². The molecule has 0 bridgehead atoms. The minimum Gasteiger partial charge on any atom is -0.467 e. The molecular formula is C25H28N2O2. The Kier molecular flexibility index (Phi) is 6.11. The summed E-state index contributed by atoms with van der Waals surface area (Å²) in [7, 11) is 0. The van der Waals surface area contributed by atoms with Gasteiger partial charge in [-0.1, -0.05) is 48.5 Å². The molecule has 1 aliphatic rings. The molecule has 2 atom stereocenters. The molecule has 0 saturated heterocycles. The predicted octanol–water partition coefficient (Wildman–Crippen LogP) is 4.71. The normalized spacial score (nSPS) is 15.3. The van der Waals surface area contributed by atoms with Crippen LogP contribution in [0, 0.1) is 0 Å². The Morgan fingerprint density at radius 2 is 1.76 bits per heavy atom. The molecule has 1 aliphatic carbocycles. The number of carbonyl (C=O) groups is 1. The van der Waals surface area contributed by atoms with Gasteiger partial charge in [0, 0.05) is 0 Å². The third-order valence-electron chi connectivity index (χ3n) is 5.68. The molecule has 0 unspecified atom stereocenters. The SMILES string of the molecule is C[C@@H](NC(=O)CN[C@@H](c1ccccc1)c1ccco1)c1ccc2c(c1)CCCC2. The van der Waals surface area contributed by atoms with Gasteiger partial charge < -0.3 is 9.73 Å². The summed E-state index contributed by atoms with van der Waals surface area (Å²) in [6.07, 6.45) is 6.52. The summed E-state index contributed by atoms with van der Waals surface area (Å²) in [5.41, 5.74) is 5.14. The van der Waals surface area contributed by atoms with Crippen molar-refractivity contribution in [3.8, 4) is 0 Å². The number of amides is 1. The monoisotopic (exact) mass is 388 g/mol. The topological polar surface area (TPSA) is 54.3 Å². The van der Waals surface area contributed by atoms with Crippen LogP contribution in [0.25, 0.3) is 0 Å². The van der Waals surface area contributed by atoms with Gasteiger partial charge in [-0.3, -0.25) is 10.1 Å². The molecule has 150 valence electrons. The number of rotatable bonds is 7. The molecule has 4 nitrogen and oxygen atoms in total. The van der Waals surface area contributed by atoms with Crippen LogP contribution in [0.2, 0.25) is 0 Å². The second-order valence-corrected chi connectivity index (χ2v) is 7.76. The molecule has 2 aromatic carbocycles. The molecule has 4 rings (SSSR count). The average Bonchev–Trinajstić information content (AvgIpc) is 3.29. The quantitative estimate of drug-likeness (QED) is 0.616. The fraction of sp³-hybridized carbons (Fsp3) is 0.320. The van der Waals surface area contributed by atoms with E-state index in [0.29, 0.717) is 0 Å². The zero-order valence-corrected chi connectivity index (χ0v) is 16.9. The van der Waals surface area contributed by atoms with Crippen LogP contribution in [0.3, 0.4) is 0 Å². The lowest BCUT2D eigenvalue weighted by Crippen LogP contribution is -2.37. The number of fused-ring (bicyclic) bond motifs is 1. The smallest absolute Gasteiger partial charge is 0.234 e. The van der Waals surface area contributed by atoms with Gasteiger partial charge in [-0.05, 0) is 67.0 Å². The van der Waals surface area contributed by atoms with E-state index in [0.717, 1.165) is 17.7 Å². The molecule has 0 spiro atoms. The van der Waals surface area contributed by atoms with Gasteiger partial charge >= 0.3 is 0 Å². The third-order valence-corrected chi connectivity index (χ3v) is 5.68. The van der Waals surface area contributed by atoms with Gasteiger partial charge in [0.1, 0.15) is 5.76 Å². The molecule has 0 aliphatic heterocycles. The van der Waals surface area contributed by atoms with E-state index in [1.54, 1.807) is 6.26 Å². The first kappa shape index (κ1) is 19.5. The minimum atomic E-state index is -0.156. The molecule has 1 heterocycles. The second kappa shape index (κ2) is 9.10. The number of furan rings is 1. The summed E-state index contributed by atoms with van der Waals surface area (Å²) >= 11 is 0. The van der Waals surface area contributed by atoms with Gasteiger partial charge in [-0.15, -0.1) is 0 Å². The Morgan fingerprint density at radius 1 is 0.966 bits per heavy atom. The molecule has 4 heteroatoms. The lowest BCUT2D eigenvalue weighted by molar-refractivity contribution is -0.121. The van der Waals surface area contributed by atoms with Gasteiger partial charge in [-0.25, -0.2) is 0 Å². The van der Waals surface area contributed by atoms with Crippen molar-refractivity contribution < 1.29 is 9.21 Å². The van der Waals surface area contributed by atoms with E-state index in [1.165, 1.54) is 36.0 Å². The third kappa shape index (κ3) is 4.77. The Bertz CT molecular complexity index is 935. The summed E-state index contributed by atoms with van der Waals surface area (Å²) in [4.78, 5) is 12.6. The van der Waals surface area contributed by atoms with Crippen LogP contribution in [-0.4, -0.2) is 12.5 Å². The van der Waals surface area contributed by atoms with E-state index < -0.39 is 0 Å². The van der Waals surface area contributed by atoms with Crippen molar-refractivity contribution in [2.24, 2.45) is 0 Å². The zero-order chi connectivity index (χ0) is 20.1. The number of carbonyl (C=O) groups excluding carboxylic acids is 1. The Morgan fingerprint density at radius 3 is 2.52 bits per heavy atom. The van der Waals surface area contributed by atoms with E-state index >= 15 is 0 Å². The first-order valence-electron chi connectivity index (χ1n) is 10.4. The van der Waals surface area contributed by atoms with Gasteiger partial charge in [0.05, 0.1) is 24.9 Å². The zero-order valence-electron chi connectivity index (χ0n) is 16.9. The summed E-state index contributed by atoms with van der Waals surface area (Å²) in [6.45, 7) is 2.26. The average molecular weight is 389 g/mol. The highest BCUT2D eigenvalue weighted by Gasteiger charge is 2.19. The summed E-state index contributed by atoms with van der Waals surface area (Å²) in [5, 5.41) is 6.46. The van der Waals surface area contributed by atoms with Crippen molar-refractivity contribution in [1.29, 1.82) is 0 Å². The number of nitrogens with one attached hydrogen (secondary N) is 2. The van der Waals surface area contributed by atoms with E-state index in [9.17, 15) is 4.79 Å². The number of hydrogen-bond donors (Lipinski definition) is 2. The van der Waals surface area contributed by atoms with Crippen LogP contribution >= 0.6 is 0 Å². The molecule has 3 aromatic rings. The molecule has 2 N–H and O–H groups in total. The summed E-state index contributed by atoms with van der Waals surface area (Å²) < 4.78 is 5.59. The molecule has 0 radical (unpaired) electrons.